The summed E-state index contributed by atoms with van der Waals surface area (Å²) in [5.41, 5.74) is 2.27. The van der Waals surface area contributed by atoms with Crippen molar-refractivity contribution in [2.75, 3.05) is 82.2 Å². The van der Waals surface area contributed by atoms with Crippen molar-refractivity contribution < 1.29 is 23.2 Å². The van der Waals surface area contributed by atoms with Crippen molar-refractivity contribution in [3.8, 4) is 23.0 Å². The fraction of sp³-hybridized carbons (Fsp3) is 0.538. The molecule has 12 heteroatoms. The van der Waals surface area contributed by atoms with E-state index in [0.717, 1.165) is 66.7 Å². The molecule has 0 saturated heterocycles. The Bertz CT molecular complexity index is 1360. The molecule has 0 amide bonds. The van der Waals surface area contributed by atoms with Crippen LogP contribution in [-0.4, -0.2) is 96.2 Å². The molecule has 1 unspecified atom stereocenters. The van der Waals surface area contributed by atoms with Crippen LogP contribution in [0.4, 0.5) is 0 Å². The van der Waals surface area contributed by atoms with Gasteiger partial charge in [-0.1, -0.05) is 20.7 Å². The molecule has 0 bridgehead atoms. The van der Waals surface area contributed by atoms with Crippen LogP contribution >= 0.6 is 43.8 Å². The molecular formula is C26H38N2O5S5. The van der Waals surface area contributed by atoms with Crippen LogP contribution in [-0.2, 0) is 23.6 Å². The van der Waals surface area contributed by atoms with Crippen LogP contribution < -0.4 is 18.9 Å². The number of ether oxygens (including phenoxy) is 4. The fourth-order valence-electron chi connectivity index (χ4n) is 4.31. The number of hydrogen-bond acceptors (Lipinski definition) is 11. The summed E-state index contributed by atoms with van der Waals surface area (Å²) in [7, 11) is 16.9. The van der Waals surface area contributed by atoms with Crippen molar-refractivity contribution in [2.45, 2.75) is 22.6 Å². The normalized spacial score (nSPS) is 12.4. The van der Waals surface area contributed by atoms with E-state index in [1.54, 1.807) is 78.5 Å². The van der Waals surface area contributed by atoms with E-state index in [1.807, 2.05) is 0 Å². The predicted molar refractivity (Wildman–Crippen MR) is 168 cm³/mol. The second kappa shape index (κ2) is 13.9. The van der Waals surface area contributed by atoms with E-state index >= 15 is 0 Å². The smallest absolute Gasteiger partial charge is 0.181 e. The standard InChI is InChI=1S/C26H38N2O5S5/c1-27(2)13-11-15-21(34-9)17(30-5)18(31-6)24-22(15)35-23-16(12-14-28(3)4)26(38(10)29)20(33-8)19(32-7)25(23)37-36-24/h11-14H2,1-10H3. The topological polar surface area (TPSA) is 60.5 Å². The number of fused-ring (bicyclic) bond motifs is 2. The molecule has 0 aliphatic heterocycles. The summed E-state index contributed by atoms with van der Waals surface area (Å²) in [5, 5.41) is 0. The van der Waals surface area contributed by atoms with Gasteiger partial charge in [0, 0.05) is 19.3 Å². The van der Waals surface area contributed by atoms with Gasteiger partial charge in [0.1, 0.15) is 9.40 Å². The maximum Gasteiger partial charge on any atom is 0.181 e. The lowest BCUT2D eigenvalue weighted by Crippen LogP contribution is -2.16. The molecule has 2 aromatic carbocycles. The molecule has 0 spiro atoms. The van der Waals surface area contributed by atoms with Gasteiger partial charge in [0.05, 0.1) is 58.4 Å². The average molecular weight is 619 g/mol. The highest BCUT2D eigenvalue weighted by Gasteiger charge is 2.27. The van der Waals surface area contributed by atoms with E-state index in [2.05, 4.69) is 44.2 Å². The predicted octanol–water partition coefficient (Wildman–Crippen LogP) is 6.00. The molecule has 0 radical (unpaired) electrons. The first-order valence-corrected chi connectivity index (χ1v) is 17.7. The summed E-state index contributed by atoms with van der Waals surface area (Å²) < 4.78 is 41.1. The van der Waals surface area contributed by atoms with Crippen LogP contribution in [0.5, 0.6) is 23.0 Å². The second-order valence-corrected chi connectivity index (χ2v) is 14.4. The molecule has 0 aliphatic rings. The maximum atomic E-state index is 13.2. The van der Waals surface area contributed by atoms with Crippen LogP contribution in [0.2, 0.25) is 0 Å². The zero-order chi connectivity index (χ0) is 28.1. The number of nitrogens with zero attached hydrogens (tertiary/aromatic N) is 2. The number of hydrogen-bond donors (Lipinski definition) is 0. The van der Waals surface area contributed by atoms with Crippen LogP contribution in [0.3, 0.4) is 0 Å². The molecular weight excluding hydrogens is 581 g/mol. The Balaban J connectivity index is 2.67. The lowest BCUT2D eigenvalue weighted by molar-refractivity contribution is 0.350. The Kier molecular flexibility index (Phi) is 11.4. The summed E-state index contributed by atoms with van der Waals surface area (Å²) in [5.74, 6) is 2.66. The molecule has 7 nitrogen and oxygen atoms in total. The van der Waals surface area contributed by atoms with Crippen LogP contribution in [0.15, 0.2) is 9.79 Å². The second-order valence-electron chi connectivity index (χ2n) is 9.10. The zero-order valence-electron chi connectivity index (χ0n) is 23.8. The Morgan fingerprint density at radius 1 is 0.711 bits per heavy atom. The van der Waals surface area contributed by atoms with Gasteiger partial charge in [-0.3, -0.25) is 4.21 Å². The van der Waals surface area contributed by atoms with Gasteiger partial charge in [0.2, 0.25) is 0 Å². The summed E-state index contributed by atoms with van der Waals surface area (Å²) in [6.07, 6.45) is 5.37. The van der Waals surface area contributed by atoms with Gasteiger partial charge in [-0.2, -0.15) is 0 Å². The molecule has 0 N–H and O–H groups in total. The van der Waals surface area contributed by atoms with Gasteiger partial charge in [0.25, 0.3) is 0 Å². The van der Waals surface area contributed by atoms with E-state index in [0.29, 0.717) is 16.4 Å². The van der Waals surface area contributed by atoms with Gasteiger partial charge in [-0.25, -0.2) is 0 Å². The van der Waals surface area contributed by atoms with Crippen molar-refractivity contribution in [1.82, 2.24) is 9.80 Å². The van der Waals surface area contributed by atoms with E-state index in [9.17, 15) is 4.21 Å². The van der Waals surface area contributed by atoms with Crippen molar-refractivity contribution in [3.05, 3.63) is 11.1 Å². The molecule has 0 saturated carbocycles. The molecule has 3 aromatic rings. The number of benzene rings is 2. The number of rotatable bonds is 12. The third kappa shape index (κ3) is 6.21. The first-order valence-electron chi connectivity index (χ1n) is 12.0. The van der Waals surface area contributed by atoms with Gasteiger partial charge >= 0.3 is 0 Å². The Morgan fingerprint density at radius 2 is 1.16 bits per heavy atom. The van der Waals surface area contributed by atoms with Gasteiger partial charge in [-0.05, 0) is 58.4 Å². The number of likely N-dealkylation sites (N-methyl/N-ethyl adjacent to an activating group) is 2. The van der Waals surface area contributed by atoms with Crippen molar-refractivity contribution in [2.24, 2.45) is 0 Å². The van der Waals surface area contributed by atoms with Crippen molar-refractivity contribution in [1.29, 1.82) is 0 Å². The molecule has 3 rings (SSSR count). The molecule has 1 heterocycles. The molecule has 0 fully saturated rings. The van der Waals surface area contributed by atoms with E-state index in [4.69, 9.17) is 18.9 Å². The summed E-state index contributed by atoms with van der Waals surface area (Å²) in [6, 6.07) is 0. The monoisotopic (exact) mass is 618 g/mol. The highest BCUT2D eigenvalue weighted by Crippen LogP contribution is 2.53. The minimum Gasteiger partial charge on any atom is -0.492 e. The zero-order valence-corrected chi connectivity index (χ0v) is 27.9. The summed E-state index contributed by atoms with van der Waals surface area (Å²) in [4.78, 5) is 6.12. The Labute approximate surface area is 244 Å². The first kappa shape index (κ1) is 31.3. The molecule has 1 atom stereocenters. The lowest BCUT2D eigenvalue weighted by Gasteiger charge is -2.20. The lowest BCUT2D eigenvalue weighted by atomic mass is 10.1. The Hall–Kier alpha value is -1.28. The molecule has 212 valence electrons. The quantitative estimate of drug-likeness (QED) is 0.181. The fourth-order valence-corrected chi connectivity index (χ4v) is 10.8. The molecule has 38 heavy (non-hydrogen) atoms. The van der Waals surface area contributed by atoms with E-state index in [1.165, 1.54) is 5.56 Å². The van der Waals surface area contributed by atoms with Crippen molar-refractivity contribution >= 4 is 73.4 Å². The molecule has 0 aliphatic carbocycles. The average Bonchev–Trinajstić information content (AvgIpc) is 3.08. The maximum absolute atomic E-state index is 13.2. The van der Waals surface area contributed by atoms with Gasteiger partial charge < -0.3 is 28.7 Å². The van der Waals surface area contributed by atoms with Gasteiger partial charge in [-0.15, -0.1) is 23.1 Å². The minimum atomic E-state index is -1.28. The van der Waals surface area contributed by atoms with Crippen molar-refractivity contribution in [3.63, 3.8) is 0 Å². The molecule has 1 aromatic heterocycles. The number of methoxy groups -OCH3 is 4. The highest BCUT2D eigenvalue weighted by atomic mass is 32.9. The van der Waals surface area contributed by atoms with Crippen LogP contribution in [0, 0.1) is 0 Å². The third-order valence-corrected chi connectivity index (χ3v) is 11.9. The largest absolute Gasteiger partial charge is 0.492 e. The minimum absolute atomic E-state index is 0.544. The summed E-state index contributed by atoms with van der Waals surface area (Å²) >= 11 is 3.40. The Morgan fingerprint density at radius 3 is 1.58 bits per heavy atom. The van der Waals surface area contributed by atoms with Crippen LogP contribution in [0.25, 0.3) is 18.8 Å². The SMILES string of the molecule is COc1c(SC)c(CCN(C)C)c2sc3c(CCN(C)C)c(S(C)=O)c(OC)c(OC)c3ssc2c1OC. The highest BCUT2D eigenvalue weighted by molar-refractivity contribution is 7.98. The summed E-state index contributed by atoms with van der Waals surface area (Å²) in [6.45, 7) is 1.71. The first-order chi connectivity index (χ1) is 18.1. The van der Waals surface area contributed by atoms with E-state index in [-0.39, 0.29) is 0 Å². The van der Waals surface area contributed by atoms with E-state index < -0.39 is 10.8 Å². The third-order valence-electron chi connectivity index (χ3n) is 6.08. The number of thioether (sulfide) groups is 1. The van der Waals surface area contributed by atoms with Crippen LogP contribution in [0.1, 0.15) is 11.1 Å². The van der Waals surface area contributed by atoms with Gasteiger partial charge in [0.15, 0.2) is 23.0 Å².